The van der Waals surface area contributed by atoms with E-state index in [4.69, 9.17) is 0 Å². The van der Waals surface area contributed by atoms with Gasteiger partial charge in [-0.05, 0) is 43.8 Å². The Bertz CT molecular complexity index is 1280. The van der Waals surface area contributed by atoms with Gasteiger partial charge in [0.25, 0.3) is 11.5 Å². The molecule has 2 amide bonds. The third kappa shape index (κ3) is 6.25. The van der Waals surface area contributed by atoms with E-state index in [2.05, 4.69) is 20.5 Å². The maximum absolute atomic E-state index is 13.0. The number of aryl methyl sites for hydroxylation is 1. The molecule has 188 valence electrons. The summed E-state index contributed by atoms with van der Waals surface area (Å²) in [6.45, 7) is 8.19. The van der Waals surface area contributed by atoms with E-state index in [9.17, 15) is 27.6 Å². The lowest BCUT2D eigenvalue weighted by Crippen LogP contribution is -2.34. The molecular weight excluding hydrogens is 483 g/mol. The molecule has 2 N–H and O–H groups in total. The van der Waals surface area contributed by atoms with Crippen LogP contribution in [0.15, 0.2) is 35.4 Å². The fourth-order valence-electron chi connectivity index (χ4n) is 3.56. The third-order valence-corrected chi connectivity index (χ3v) is 6.72. The van der Waals surface area contributed by atoms with Gasteiger partial charge in [0, 0.05) is 18.8 Å². The van der Waals surface area contributed by atoms with E-state index in [0.717, 1.165) is 41.1 Å². The Morgan fingerprint density at radius 3 is 2.57 bits per heavy atom. The van der Waals surface area contributed by atoms with Crippen molar-refractivity contribution in [2.45, 2.75) is 33.5 Å². The van der Waals surface area contributed by atoms with Gasteiger partial charge >= 0.3 is 6.18 Å². The summed E-state index contributed by atoms with van der Waals surface area (Å²) >= 11 is 1.09. The van der Waals surface area contributed by atoms with Gasteiger partial charge in [-0.25, -0.2) is 4.98 Å². The summed E-state index contributed by atoms with van der Waals surface area (Å²) in [6.07, 6.45) is -3.35. The highest BCUT2D eigenvalue weighted by Gasteiger charge is 2.30. The number of nitrogens with one attached hydrogen (secondary N) is 2. The first-order chi connectivity index (χ1) is 16.5. The summed E-state index contributed by atoms with van der Waals surface area (Å²) in [5.41, 5.74) is -0.977. The summed E-state index contributed by atoms with van der Waals surface area (Å²) < 4.78 is 39.7. The first-order valence-corrected chi connectivity index (χ1v) is 11.8. The summed E-state index contributed by atoms with van der Waals surface area (Å²) in [5, 5.41) is 5.46. The van der Waals surface area contributed by atoms with Gasteiger partial charge in [-0.3, -0.25) is 19.0 Å². The van der Waals surface area contributed by atoms with E-state index < -0.39 is 29.8 Å². The number of hydrogen-bond acceptors (Lipinski definition) is 6. The molecular formula is C23H26F3N5O3S. The number of carbonyl (C=O) groups is 2. The SMILES string of the molecule is CCN(CC)CCNC(=O)c1sc2ncn(CC(=O)Nc3cccc(C(F)(F)F)c3)c(=O)c2c1C. The summed E-state index contributed by atoms with van der Waals surface area (Å²) in [5.74, 6) is -0.985. The second-order valence-corrected chi connectivity index (χ2v) is 8.82. The van der Waals surface area contributed by atoms with Crippen LogP contribution in [0.4, 0.5) is 18.9 Å². The van der Waals surface area contributed by atoms with E-state index in [1.807, 2.05) is 13.8 Å². The number of hydrogen-bond donors (Lipinski definition) is 2. The monoisotopic (exact) mass is 509 g/mol. The lowest BCUT2D eigenvalue weighted by Gasteiger charge is -2.17. The molecule has 0 atom stereocenters. The van der Waals surface area contributed by atoms with Crippen molar-refractivity contribution in [3.05, 3.63) is 57.0 Å². The molecule has 0 fully saturated rings. The zero-order valence-electron chi connectivity index (χ0n) is 19.5. The number of halogens is 3. The van der Waals surface area contributed by atoms with E-state index in [1.165, 1.54) is 18.5 Å². The van der Waals surface area contributed by atoms with Crippen molar-refractivity contribution in [2.75, 3.05) is 31.5 Å². The minimum Gasteiger partial charge on any atom is -0.350 e. The van der Waals surface area contributed by atoms with Crippen LogP contribution in [-0.4, -0.2) is 52.4 Å². The molecule has 0 saturated carbocycles. The zero-order valence-corrected chi connectivity index (χ0v) is 20.3. The van der Waals surface area contributed by atoms with Gasteiger partial charge in [-0.1, -0.05) is 19.9 Å². The van der Waals surface area contributed by atoms with E-state index in [-0.39, 0.29) is 17.0 Å². The van der Waals surface area contributed by atoms with Crippen molar-refractivity contribution in [1.82, 2.24) is 19.8 Å². The van der Waals surface area contributed by atoms with Crippen LogP contribution in [0.5, 0.6) is 0 Å². The number of benzene rings is 1. The molecule has 0 unspecified atom stereocenters. The molecule has 0 aliphatic rings. The number of alkyl halides is 3. The predicted octanol–water partition coefficient (Wildman–Crippen LogP) is 3.50. The Morgan fingerprint density at radius 2 is 1.91 bits per heavy atom. The van der Waals surface area contributed by atoms with E-state index in [0.29, 0.717) is 28.4 Å². The maximum atomic E-state index is 13.0. The Hall–Kier alpha value is -3.25. The van der Waals surface area contributed by atoms with E-state index >= 15 is 0 Å². The molecule has 0 bridgehead atoms. The Balaban J connectivity index is 1.75. The van der Waals surface area contributed by atoms with Crippen molar-refractivity contribution in [3.63, 3.8) is 0 Å². The van der Waals surface area contributed by atoms with Crippen LogP contribution in [0.2, 0.25) is 0 Å². The van der Waals surface area contributed by atoms with Crippen LogP contribution in [0.25, 0.3) is 10.2 Å². The smallest absolute Gasteiger partial charge is 0.350 e. The quantitative estimate of drug-likeness (QED) is 0.460. The first kappa shape index (κ1) is 26.4. The topological polar surface area (TPSA) is 96.3 Å². The number of rotatable bonds is 9. The average Bonchev–Trinajstić information content (AvgIpc) is 3.15. The van der Waals surface area contributed by atoms with Crippen molar-refractivity contribution >= 4 is 39.1 Å². The molecule has 1 aromatic carbocycles. The van der Waals surface area contributed by atoms with Gasteiger partial charge in [-0.2, -0.15) is 13.2 Å². The molecule has 0 aliphatic heterocycles. The lowest BCUT2D eigenvalue weighted by atomic mass is 10.2. The predicted molar refractivity (Wildman–Crippen MR) is 129 cm³/mol. The molecule has 3 aromatic rings. The maximum Gasteiger partial charge on any atom is 0.416 e. The molecule has 3 rings (SSSR count). The summed E-state index contributed by atoms with van der Waals surface area (Å²) in [7, 11) is 0. The van der Waals surface area contributed by atoms with Crippen LogP contribution in [0.3, 0.4) is 0 Å². The van der Waals surface area contributed by atoms with Crippen LogP contribution in [-0.2, 0) is 17.5 Å². The van der Waals surface area contributed by atoms with Crippen molar-refractivity contribution in [1.29, 1.82) is 0 Å². The highest BCUT2D eigenvalue weighted by molar-refractivity contribution is 7.20. The van der Waals surface area contributed by atoms with Crippen molar-refractivity contribution in [2.24, 2.45) is 0 Å². The number of likely N-dealkylation sites (N-methyl/N-ethyl adjacent to an activating group) is 1. The summed E-state index contributed by atoms with van der Waals surface area (Å²) in [6, 6.07) is 4.22. The molecule has 8 nitrogen and oxygen atoms in total. The zero-order chi connectivity index (χ0) is 25.8. The lowest BCUT2D eigenvalue weighted by molar-refractivity contribution is -0.137. The Kier molecular flexibility index (Phi) is 8.28. The Labute approximate surface area is 203 Å². The number of nitrogens with zero attached hydrogens (tertiary/aromatic N) is 3. The molecule has 0 saturated heterocycles. The minimum absolute atomic E-state index is 0.0395. The van der Waals surface area contributed by atoms with Gasteiger partial charge in [0.2, 0.25) is 5.91 Å². The van der Waals surface area contributed by atoms with Crippen LogP contribution >= 0.6 is 11.3 Å². The van der Waals surface area contributed by atoms with Gasteiger partial charge in [0.15, 0.2) is 0 Å². The molecule has 2 heterocycles. The molecule has 0 aliphatic carbocycles. The molecule has 0 spiro atoms. The fourth-order valence-corrected chi connectivity index (χ4v) is 4.62. The largest absolute Gasteiger partial charge is 0.416 e. The van der Waals surface area contributed by atoms with Crippen molar-refractivity contribution in [3.8, 4) is 0 Å². The molecule has 2 aromatic heterocycles. The third-order valence-electron chi connectivity index (χ3n) is 5.52. The van der Waals surface area contributed by atoms with Crippen LogP contribution in [0.1, 0.15) is 34.6 Å². The highest BCUT2D eigenvalue weighted by Crippen LogP contribution is 2.30. The van der Waals surface area contributed by atoms with Gasteiger partial charge in [0.1, 0.15) is 11.4 Å². The van der Waals surface area contributed by atoms with E-state index in [1.54, 1.807) is 6.92 Å². The normalized spacial score (nSPS) is 11.7. The average molecular weight is 510 g/mol. The number of carbonyl (C=O) groups excluding carboxylic acids is 2. The standard InChI is InChI=1S/C23H26F3N5O3S/c1-4-30(5-2)10-9-27-20(33)19-14(3)18-21(35-19)28-13-31(22(18)34)12-17(32)29-16-8-6-7-15(11-16)23(24,25)26/h6-8,11,13H,4-5,9-10,12H2,1-3H3,(H,27,33)(H,29,32). The fraction of sp³-hybridized carbons (Fsp3) is 0.391. The first-order valence-electron chi connectivity index (χ1n) is 11.0. The number of fused-ring (bicyclic) bond motifs is 1. The Morgan fingerprint density at radius 1 is 1.20 bits per heavy atom. The molecule has 0 radical (unpaired) electrons. The number of amides is 2. The van der Waals surface area contributed by atoms with Gasteiger partial charge in [0.05, 0.1) is 22.2 Å². The van der Waals surface area contributed by atoms with Crippen LogP contribution in [0, 0.1) is 6.92 Å². The second kappa shape index (κ2) is 11.0. The van der Waals surface area contributed by atoms with Gasteiger partial charge < -0.3 is 15.5 Å². The number of aromatic nitrogens is 2. The van der Waals surface area contributed by atoms with Crippen molar-refractivity contribution < 1.29 is 22.8 Å². The molecule has 12 heteroatoms. The minimum atomic E-state index is -4.54. The number of thiophene rings is 1. The van der Waals surface area contributed by atoms with Crippen LogP contribution < -0.4 is 16.2 Å². The molecule has 35 heavy (non-hydrogen) atoms. The van der Waals surface area contributed by atoms with Gasteiger partial charge in [-0.15, -0.1) is 11.3 Å². The highest BCUT2D eigenvalue weighted by atomic mass is 32.1. The number of anilines is 1. The summed E-state index contributed by atoms with van der Waals surface area (Å²) in [4.78, 5) is 45.2. The second-order valence-electron chi connectivity index (χ2n) is 7.82.